The van der Waals surface area contributed by atoms with Crippen LogP contribution in [-0.2, 0) is 12.8 Å². The van der Waals surface area contributed by atoms with E-state index in [9.17, 15) is 4.79 Å². The SMILES string of the molecule is CC[C@H]1CCc2sc(C(=O)N3CCN(CC)CC3)cc2C1. The fraction of sp³-hybridized carbons (Fsp3) is 0.706. The fourth-order valence-electron chi connectivity index (χ4n) is 3.48. The molecule has 0 bridgehead atoms. The third-order valence-electron chi connectivity index (χ3n) is 5.08. The van der Waals surface area contributed by atoms with Crippen molar-refractivity contribution in [1.29, 1.82) is 0 Å². The molecule has 0 N–H and O–H groups in total. The van der Waals surface area contributed by atoms with Crippen molar-refractivity contribution in [3.63, 3.8) is 0 Å². The maximum atomic E-state index is 12.7. The summed E-state index contributed by atoms with van der Waals surface area (Å²) in [6.07, 6.45) is 4.92. The van der Waals surface area contributed by atoms with Crippen molar-refractivity contribution >= 4 is 17.2 Å². The third-order valence-corrected chi connectivity index (χ3v) is 6.30. The van der Waals surface area contributed by atoms with Crippen molar-refractivity contribution < 1.29 is 4.79 Å². The molecule has 1 aliphatic heterocycles. The van der Waals surface area contributed by atoms with Gasteiger partial charge < -0.3 is 9.80 Å². The van der Waals surface area contributed by atoms with Crippen LogP contribution in [-0.4, -0.2) is 48.4 Å². The standard InChI is InChI=1S/C17H26N2OS/c1-3-13-5-6-15-14(11-13)12-16(21-15)17(20)19-9-7-18(4-2)8-10-19/h12-13H,3-11H2,1-2H3/t13-/m0/s1. The molecule has 3 rings (SSSR count). The van der Waals surface area contributed by atoms with Gasteiger partial charge in [0.2, 0.25) is 0 Å². The number of carbonyl (C=O) groups is 1. The van der Waals surface area contributed by atoms with E-state index in [4.69, 9.17) is 0 Å². The zero-order chi connectivity index (χ0) is 14.8. The smallest absolute Gasteiger partial charge is 0.264 e. The Morgan fingerprint density at radius 2 is 2.05 bits per heavy atom. The highest BCUT2D eigenvalue weighted by Gasteiger charge is 2.26. The molecule has 0 radical (unpaired) electrons. The number of piperazine rings is 1. The Balaban J connectivity index is 1.67. The highest BCUT2D eigenvalue weighted by Crippen LogP contribution is 2.34. The van der Waals surface area contributed by atoms with Crippen molar-refractivity contribution in [2.24, 2.45) is 5.92 Å². The normalized spacial score (nSPS) is 23.1. The Morgan fingerprint density at radius 3 is 2.71 bits per heavy atom. The predicted octanol–water partition coefficient (Wildman–Crippen LogP) is 3.04. The van der Waals surface area contributed by atoms with Gasteiger partial charge in [0.25, 0.3) is 5.91 Å². The highest BCUT2D eigenvalue weighted by molar-refractivity contribution is 7.14. The minimum absolute atomic E-state index is 0.262. The lowest BCUT2D eigenvalue weighted by Crippen LogP contribution is -2.48. The molecule has 1 amide bonds. The summed E-state index contributed by atoms with van der Waals surface area (Å²) >= 11 is 1.75. The van der Waals surface area contributed by atoms with Crippen molar-refractivity contribution in [1.82, 2.24) is 9.80 Å². The molecule has 1 aliphatic carbocycles. The van der Waals surface area contributed by atoms with E-state index in [0.717, 1.165) is 43.5 Å². The summed E-state index contributed by atoms with van der Waals surface area (Å²) in [6, 6.07) is 2.19. The van der Waals surface area contributed by atoms with Gasteiger partial charge in [0.1, 0.15) is 0 Å². The van der Waals surface area contributed by atoms with Crippen LogP contribution < -0.4 is 0 Å². The first-order valence-corrected chi connectivity index (χ1v) is 9.16. The first-order valence-electron chi connectivity index (χ1n) is 8.34. The minimum Gasteiger partial charge on any atom is -0.335 e. The monoisotopic (exact) mass is 306 g/mol. The van der Waals surface area contributed by atoms with Crippen LogP contribution in [0.25, 0.3) is 0 Å². The van der Waals surface area contributed by atoms with Crippen LogP contribution in [0.5, 0.6) is 0 Å². The summed E-state index contributed by atoms with van der Waals surface area (Å²) in [5.74, 6) is 1.08. The Morgan fingerprint density at radius 1 is 1.29 bits per heavy atom. The number of rotatable bonds is 3. The van der Waals surface area contributed by atoms with Crippen LogP contribution in [0.1, 0.15) is 46.8 Å². The number of thiophene rings is 1. The number of hydrogen-bond acceptors (Lipinski definition) is 3. The molecule has 1 fully saturated rings. The average molecular weight is 306 g/mol. The molecule has 116 valence electrons. The zero-order valence-electron chi connectivity index (χ0n) is 13.2. The summed E-state index contributed by atoms with van der Waals surface area (Å²) in [6.45, 7) is 9.36. The Kier molecular flexibility index (Phi) is 4.65. The minimum atomic E-state index is 0.262. The average Bonchev–Trinajstić information content (AvgIpc) is 2.97. The van der Waals surface area contributed by atoms with Crippen molar-refractivity contribution in [3.8, 4) is 0 Å². The van der Waals surface area contributed by atoms with Crippen LogP contribution in [0.3, 0.4) is 0 Å². The molecule has 3 nitrogen and oxygen atoms in total. The van der Waals surface area contributed by atoms with Gasteiger partial charge in [0.15, 0.2) is 0 Å². The molecule has 4 heteroatoms. The molecule has 2 heterocycles. The topological polar surface area (TPSA) is 23.6 Å². The molecule has 1 aromatic heterocycles. The van der Waals surface area contributed by atoms with Crippen LogP contribution in [0.15, 0.2) is 6.07 Å². The van der Waals surface area contributed by atoms with Gasteiger partial charge in [-0.2, -0.15) is 0 Å². The van der Waals surface area contributed by atoms with E-state index in [0.29, 0.717) is 0 Å². The lowest BCUT2D eigenvalue weighted by Gasteiger charge is -2.33. The first-order chi connectivity index (χ1) is 10.2. The molecule has 1 atom stereocenters. The van der Waals surface area contributed by atoms with Crippen LogP contribution >= 0.6 is 11.3 Å². The summed E-state index contributed by atoms with van der Waals surface area (Å²) < 4.78 is 0. The predicted molar refractivity (Wildman–Crippen MR) is 88.1 cm³/mol. The quantitative estimate of drug-likeness (QED) is 0.857. The second-order valence-electron chi connectivity index (χ2n) is 6.30. The van der Waals surface area contributed by atoms with Crippen molar-refractivity contribution in [2.75, 3.05) is 32.7 Å². The highest BCUT2D eigenvalue weighted by atomic mass is 32.1. The summed E-state index contributed by atoms with van der Waals surface area (Å²) in [4.78, 5) is 19.6. The number of likely N-dealkylation sites (N-methyl/N-ethyl adjacent to an activating group) is 1. The molecule has 21 heavy (non-hydrogen) atoms. The summed E-state index contributed by atoms with van der Waals surface area (Å²) in [7, 11) is 0. The second-order valence-corrected chi connectivity index (χ2v) is 7.44. The molecule has 0 unspecified atom stereocenters. The maximum absolute atomic E-state index is 12.7. The van der Waals surface area contributed by atoms with Gasteiger partial charge in [-0.05, 0) is 43.4 Å². The van der Waals surface area contributed by atoms with E-state index in [1.54, 1.807) is 11.3 Å². The van der Waals surface area contributed by atoms with Gasteiger partial charge in [-0.1, -0.05) is 20.3 Å². The van der Waals surface area contributed by atoms with E-state index in [1.807, 2.05) is 4.90 Å². The van der Waals surface area contributed by atoms with E-state index in [2.05, 4.69) is 24.8 Å². The number of nitrogens with zero attached hydrogens (tertiary/aromatic N) is 2. The molecule has 0 spiro atoms. The van der Waals surface area contributed by atoms with Gasteiger partial charge in [-0.15, -0.1) is 11.3 Å². The lowest BCUT2D eigenvalue weighted by atomic mass is 9.87. The largest absolute Gasteiger partial charge is 0.335 e. The molecule has 0 aromatic carbocycles. The van der Waals surface area contributed by atoms with Crippen LogP contribution in [0.4, 0.5) is 0 Å². The van der Waals surface area contributed by atoms with E-state index >= 15 is 0 Å². The summed E-state index contributed by atoms with van der Waals surface area (Å²) in [5, 5.41) is 0. The number of carbonyl (C=O) groups excluding carboxylic acids is 1. The molecular weight excluding hydrogens is 280 g/mol. The number of hydrogen-bond donors (Lipinski definition) is 0. The zero-order valence-corrected chi connectivity index (χ0v) is 14.0. The van der Waals surface area contributed by atoms with E-state index in [-0.39, 0.29) is 5.91 Å². The Labute approximate surface area is 131 Å². The number of fused-ring (bicyclic) bond motifs is 1. The Hall–Kier alpha value is -0.870. The summed E-state index contributed by atoms with van der Waals surface area (Å²) in [5.41, 5.74) is 1.45. The molecule has 0 saturated carbocycles. The first kappa shape index (κ1) is 15.0. The van der Waals surface area contributed by atoms with Gasteiger partial charge in [-0.25, -0.2) is 0 Å². The van der Waals surface area contributed by atoms with Crippen molar-refractivity contribution in [3.05, 3.63) is 21.4 Å². The fourth-order valence-corrected chi connectivity index (χ4v) is 4.65. The van der Waals surface area contributed by atoms with E-state index < -0.39 is 0 Å². The molecular formula is C17H26N2OS. The maximum Gasteiger partial charge on any atom is 0.264 e. The Bertz CT molecular complexity index is 503. The molecule has 1 aromatic rings. The van der Waals surface area contributed by atoms with Gasteiger partial charge in [-0.3, -0.25) is 4.79 Å². The van der Waals surface area contributed by atoms with Gasteiger partial charge >= 0.3 is 0 Å². The van der Waals surface area contributed by atoms with E-state index in [1.165, 1.54) is 36.1 Å². The third kappa shape index (κ3) is 3.16. The number of aryl methyl sites for hydroxylation is 1. The van der Waals surface area contributed by atoms with Gasteiger partial charge in [0.05, 0.1) is 4.88 Å². The molecule has 2 aliphatic rings. The molecule has 1 saturated heterocycles. The van der Waals surface area contributed by atoms with Crippen LogP contribution in [0, 0.1) is 5.92 Å². The van der Waals surface area contributed by atoms with Crippen molar-refractivity contribution in [2.45, 2.75) is 39.5 Å². The van der Waals surface area contributed by atoms with Crippen LogP contribution in [0.2, 0.25) is 0 Å². The number of amides is 1. The second kappa shape index (κ2) is 6.49. The lowest BCUT2D eigenvalue weighted by molar-refractivity contribution is 0.0648. The van der Waals surface area contributed by atoms with Gasteiger partial charge in [0, 0.05) is 31.1 Å².